The maximum Gasteiger partial charge on any atom is 0.209 e. The molecule has 0 atom stereocenters. The minimum absolute atomic E-state index is 0.527. The van der Waals surface area contributed by atoms with Crippen molar-refractivity contribution in [2.75, 3.05) is 7.11 Å². The number of nitrogens with two attached hydrogens (primary N) is 1. The number of aliphatic imine (C=N–C) groups is 2. The lowest BCUT2D eigenvalue weighted by atomic mass is 10.1. The zero-order valence-electron chi connectivity index (χ0n) is 10.2. The van der Waals surface area contributed by atoms with Crippen LogP contribution in [-0.4, -0.2) is 19.2 Å². The van der Waals surface area contributed by atoms with Crippen molar-refractivity contribution in [2.24, 2.45) is 15.7 Å². The second kappa shape index (κ2) is 5.82. The summed E-state index contributed by atoms with van der Waals surface area (Å²) in [7, 11) is 1.58. The molecule has 18 heavy (non-hydrogen) atoms. The van der Waals surface area contributed by atoms with Crippen molar-refractivity contribution in [3.8, 4) is 0 Å². The van der Waals surface area contributed by atoms with Gasteiger partial charge in [-0.1, -0.05) is 30.3 Å². The molecule has 0 radical (unpaired) electrons. The van der Waals surface area contributed by atoms with Gasteiger partial charge in [0, 0.05) is 24.4 Å². The molecule has 4 heteroatoms. The highest BCUT2D eigenvalue weighted by atomic mass is 16.5. The Balaban J connectivity index is 2.39. The summed E-state index contributed by atoms with van der Waals surface area (Å²) in [6.07, 6.45) is 5.78. The van der Waals surface area contributed by atoms with E-state index in [0.717, 1.165) is 11.1 Å². The van der Waals surface area contributed by atoms with E-state index in [1.54, 1.807) is 25.6 Å². The Morgan fingerprint density at radius 3 is 2.72 bits per heavy atom. The topological polar surface area (TPSA) is 60.0 Å². The number of hydrogen-bond donors (Lipinski definition) is 1. The maximum atomic E-state index is 5.78. The van der Waals surface area contributed by atoms with Crippen molar-refractivity contribution >= 4 is 17.6 Å². The van der Waals surface area contributed by atoms with Crippen molar-refractivity contribution in [1.82, 2.24) is 0 Å². The summed E-state index contributed by atoms with van der Waals surface area (Å²) in [5.41, 5.74) is 7.71. The predicted molar refractivity (Wildman–Crippen MR) is 74.2 cm³/mol. The fourth-order valence-corrected chi connectivity index (χ4v) is 1.53. The minimum atomic E-state index is 0.527. The summed E-state index contributed by atoms with van der Waals surface area (Å²) in [6.45, 7) is 0. The molecule has 4 nitrogen and oxygen atoms in total. The van der Waals surface area contributed by atoms with Gasteiger partial charge in [0.1, 0.15) is 5.84 Å². The van der Waals surface area contributed by atoms with Crippen molar-refractivity contribution in [3.63, 3.8) is 0 Å². The molecular weight excluding hydrogens is 226 g/mol. The van der Waals surface area contributed by atoms with Crippen LogP contribution in [0.3, 0.4) is 0 Å². The van der Waals surface area contributed by atoms with Gasteiger partial charge in [0.15, 0.2) is 0 Å². The summed E-state index contributed by atoms with van der Waals surface area (Å²) < 4.78 is 5.14. The van der Waals surface area contributed by atoms with Crippen molar-refractivity contribution in [2.45, 2.75) is 6.42 Å². The van der Waals surface area contributed by atoms with Crippen molar-refractivity contribution in [1.29, 1.82) is 0 Å². The number of ether oxygens (including phenoxy) is 1. The summed E-state index contributed by atoms with van der Waals surface area (Å²) in [6, 6.07) is 9.90. The van der Waals surface area contributed by atoms with Crippen LogP contribution in [0.25, 0.3) is 5.57 Å². The zero-order valence-corrected chi connectivity index (χ0v) is 10.2. The molecule has 1 aliphatic rings. The Labute approximate surface area is 106 Å². The average Bonchev–Trinajstić information content (AvgIpc) is 2.51. The third-order valence-corrected chi connectivity index (χ3v) is 2.50. The molecule has 0 bridgehead atoms. The van der Waals surface area contributed by atoms with E-state index in [4.69, 9.17) is 10.5 Å². The van der Waals surface area contributed by atoms with E-state index >= 15 is 0 Å². The predicted octanol–water partition coefficient (Wildman–Crippen LogP) is 2.35. The molecule has 0 unspecified atom stereocenters. The molecule has 1 aromatic rings. The molecule has 0 saturated carbocycles. The molecule has 0 aliphatic carbocycles. The second-order valence-corrected chi connectivity index (χ2v) is 3.78. The molecule has 92 valence electrons. The number of rotatable bonds is 2. The molecule has 1 heterocycles. The summed E-state index contributed by atoms with van der Waals surface area (Å²) in [5, 5.41) is 0. The maximum absolute atomic E-state index is 5.78. The standard InChI is InChI=1S/C14H15N3O/c1-18-14-8-7-13(15)16-9-12(10-17-14)11-5-3-2-4-6-11/h2-6,8-10H,7H2,1H3,(H2,15,16)/b12-9+,14-8?,17-10?. The lowest BCUT2D eigenvalue weighted by Crippen LogP contribution is -2.09. The van der Waals surface area contributed by atoms with Crippen LogP contribution in [0, 0.1) is 0 Å². The highest BCUT2D eigenvalue weighted by molar-refractivity contribution is 6.10. The van der Waals surface area contributed by atoms with E-state index < -0.39 is 0 Å². The quantitative estimate of drug-likeness (QED) is 0.864. The van der Waals surface area contributed by atoms with Gasteiger partial charge in [-0.3, -0.25) is 0 Å². The number of allylic oxidation sites excluding steroid dienone is 1. The fourth-order valence-electron chi connectivity index (χ4n) is 1.53. The molecule has 0 saturated heterocycles. The Morgan fingerprint density at radius 1 is 1.22 bits per heavy atom. The SMILES string of the molecule is COC1=CCC(N)=N/C=C(/c2ccccc2)C=N1. The molecule has 0 aromatic heterocycles. The van der Waals surface area contributed by atoms with Crippen LogP contribution in [-0.2, 0) is 4.74 Å². The Morgan fingerprint density at radius 2 is 2.00 bits per heavy atom. The first-order valence-electron chi connectivity index (χ1n) is 5.65. The van der Waals surface area contributed by atoms with E-state index in [0.29, 0.717) is 18.1 Å². The molecule has 2 N–H and O–H groups in total. The van der Waals surface area contributed by atoms with Gasteiger partial charge < -0.3 is 10.5 Å². The molecular formula is C14H15N3O. The van der Waals surface area contributed by atoms with Crippen LogP contribution in [0.5, 0.6) is 0 Å². The second-order valence-electron chi connectivity index (χ2n) is 3.78. The Bertz CT molecular complexity index is 527. The van der Waals surface area contributed by atoms with Crippen LogP contribution in [0.1, 0.15) is 12.0 Å². The highest BCUT2D eigenvalue weighted by Crippen LogP contribution is 2.14. The molecule has 1 aromatic carbocycles. The largest absolute Gasteiger partial charge is 0.481 e. The highest BCUT2D eigenvalue weighted by Gasteiger charge is 2.01. The van der Waals surface area contributed by atoms with Gasteiger partial charge in [0.2, 0.25) is 5.88 Å². The van der Waals surface area contributed by atoms with Crippen molar-refractivity contribution in [3.05, 3.63) is 54.1 Å². The van der Waals surface area contributed by atoms with Gasteiger partial charge in [-0.15, -0.1) is 0 Å². The van der Waals surface area contributed by atoms with Gasteiger partial charge in [0.05, 0.1) is 7.11 Å². The molecule has 0 fully saturated rings. The monoisotopic (exact) mass is 241 g/mol. The van der Waals surface area contributed by atoms with Crippen LogP contribution in [0.15, 0.2) is 58.5 Å². The summed E-state index contributed by atoms with van der Waals surface area (Å²) in [4.78, 5) is 8.48. The zero-order chi connectivity index (χ0) is 12.8. The first-order valence-corrected chi connectivity index (χ1v) is 5.65. The van der Waals surface area contributed by atoms with E-state index in [2.05, 4.69) is 9.98 Å². The first-order chi connectivity index (χ1) is 8.79. The number of nitrogens with zero attached hydrogens (tertiary/aromatic N) is 2. The number of amidine groups is 1. The molecule has 0 amide bonds. The summed E-state index contributed by atoms with van der Waals surface area (Å²) in [5.74, 6) is 1.07. The summed E-state index contributed by atoms with van der Waals surface area (Å²) >= 11 is 0. The Hall–Kier alpha value is -2.36. The van der Waals surface area contributed by atoms with Gasteiger partial charge in [-0.05, 0) is 11.6 Å². The lowest BCUT2D eigenvalue weighted by molar-refractivity contribution is 0.288. The minimum Gasteiger partial charge on any atom is -0.481 e. The van der Waals surface area contributed by atoms with Gasteiger partial charge in [0.25, 0.3) is 0 Å². The van der Waals surface area contributed by atoms with Crippen LogP contribution < -0.4 is 5.73 Å². The lowest BCUT2D eigenvalue weighted by Gasteiger charge is -2.01. The Kier molecular flexibility index (Phi) is 3.91. The number of methoxy groups -OCH3 is 1. The molecule has 2 rings (SSSR count). The van der Waals surface area contributed by atoms with Crippen LogP contribution >= 0.6 is 0 Å². The van der Waals surface area contributed by atoms with Crippen molar-refractivity contribution < 1.29 is 4.74 Å². The van der Waals surface area contributed by atoms with Gasteiger partial charge >= 0.3 is 0 Å². The molecule has 0 spiro atoms. The number of benzene rings is 1. The van der Waals surface area contributed by atoms with E-state index in [-0.39, 0.29) is 0 Å². The average molecular weight is 241 g/mol. The van der Waals surface area contributed by atoms with Gasteiger partial charge in [-0.25, -0.2) is 9.98 Å². The van der Waals surface area contributed by atoms with E-state index in [9.17, 15) is 0 Å². The normalized spacial score (nSPS) is 18.6. The number of hydrogen-bond acceptors (Lipinski definition) is 4. The van der Waals surface area contributed by atoms with Crippen LogP contribution in [0.2, 0.25) is 0 Å². The van der Waals surface area contributed by atoms with E-state index in [1.807, 2.05) is 30.3 Å². The smallest absolute Gasteiger partial charge is 0.209 e. The third kappa shape index (κ3) is 3.07. The third-order valence-electron chi connectivity index (χ3n) is 2.50. The first kappa shape index (κ1) is 12.1. The van der Waals surface area contributed by atoms with E-state index in [1.165, 1.54) is 0 Å². The van der Waals surface area contributed by atoms with Gasteiger partial charge in [-0.2, -0.15) is 0 Å². The van der Waals surface area contributed by atoms with Crippen LogP contribution in [0.4, 0.5) is 0 Å². The fraction of sp³-hybridized carbons (Fsp3) is 0.143. The molecule has 1 aliphatic heterocycles.